The van der Waals surface area contributed by atoms with Crippen molar-refractivity contribution in [2.45, 2.75) is 43.5 Å². The van der Waals surface area contributed by atoms with E-state index in [1.165, 1.54) is 29.4 Å². The molecular weight excluding hydrogens is 406 g/mol. The van der Waals surface area contributed by atoms with Crippen molar-refractivity contribution < 1.29 is 18.1 Å². The number of aryl methyl sites for hydroxylation is 1. The maximum atomic E-state index is 13.0. The maximum Gasteiger partial charge on any atom is 0.273 e. The summed E-state index contributed by atoms with van der Waals surface area (Å²) in [5, 5.41) is 14.1. The van der Waals surface area contributed by atoms with E-state index in [-0.39, 0.29) is 41.2 Å². The van der Waals surface area contributed by atoms with E-state index in [9.17, 15) is 23.3 Å². The number of nitro groups is 1. The van der Waals surface area contributed by atoms with Crippen molar-refractivity contribution in [1.82, 2.24) is 9.62 Å². The van der Waals surface area contributed by atoms with E-state index in [1.807, 2.05) is 30.3 Å². The lowest BCUT2D eigenvalue weighted by Gasteiger charge is -2.32. The van der Waals surface area contributed by atoms with Crippen LogP contribution in [0, 0.1) is 17.0 Å². The quantitative estimate of drug-likeness (QED) is 0.535. The molecule has 3 rings (SSSR count). The minimum Gasteiger partial charge on any atom is -0.353 e. The van der Waals surface area contributed by atoms with E-state index in [1.54, 1.807) is 0 Å². The largest absolute Gasteiger partial charge is 0.353 e. The van der Waals surface area contributed by atoms with Crippen LogP contribution in [0.1, 0.15) is 30.4 Å². The number of rotatable bonds is 7. The van der Waals surface area contributed by atoms with Gasteiger partial charge in [0.05, 0.1) is 9.82 Å². The molecule has 0 radical (unpaired) electrons. The Labute approximate surface area is 176 Å². The Morgan fingerprint density at radius 2 is 1.80 bits per heavy atom. The third-order valence-corrected chi connectivity index (χ3v) is 7.42. The predicted octanol–water partition coefficient (Wildman–Crippen LogP) is 2.81. The van der Waals surface area contributed by atoms with Crippen molar-refractivity contribution >= 4 is 21.6 Å². The Bertz CT molecular complexity index is 1020. The fraction of sp³-hybridized carbons (Fsp3) is 0.381. The lowest BCUT2D eigenvalue weighted by Crippen LogP contribution is -2.46. The predicted molar refractivity (Wildman–Crippen MR) is 113 cm³/mol. The fourth-order valence-electron chi connectivity index (χ4n) is 3.66. The molecule has 0 saturated carbocycles. The lowest BCUT2D eigenvalue weighted by atomic mass is 10.1. The molecule has 30 heavy (non-hydrogen) atoms. The first-order valence-electron chi connectivity index (χ1n) is 9.86. The van der Waals surface area contributed by atoms with Crippen LogP contribution in [0.4, 0.5) is 5.69 Å². The average Bonchev–Trinajstić information content (AvgIpc) is 2.73. The molecule has 2 aromatic carbocycles. The fourth-order valence-corrected chi connectivity index (χ4v) is 5.37. The number of piperidine rings is 1. The second-order valence-corrected chi connectivity index (χ2v) is 9.30. The van der Waals surface area contributed by atoms with Crippen LogP contribution in [-0.4, -0.2) is 42.7 Å². The molecule has 1 saturated heterocycles. The van der Waals surface area contributed by atoms with E-state index < -0.39 is 14.9 Å². The Kier molecular flexibility index (Phi) is 6.84. The zero-order valence-corrected chi connectivity index (χ0v) is 17.6. The van der Waals surface area contributed by atoms with Gasteiger partial charge in [-0.3, -0.25) is 14.9 Å². The molecule has 2 aromatic rings. The number of benzene rings is 2. The van der Waals surface area contributed by atoms with Gasteiger partial charge in [0, 0.05) is 37.2 Å². The molecule has 8 nitrogen and oxygen atoms in total. The molecule has 1 aliphatic heterocycles. The van der Waals surface area contributed by atoms with Gasteiger partial charge in [-0.2, -0.15) is 4.31 Å². The summed E-state index contributed by atoms with van der Waals surface area (Å²) in [6, 6.07) is 13.8. The first-order valence-corrected chi connectivity index (χ1v) is 11.3. The summed E-state index contributed by atoms with van der Waals surface area (Å²) in [5.74, 6) is -0.0466. The van der Waals surface area contributed by atoms with Crippen LogP contribution in [-0.2, 0) is 21.2 Å². The number of hydrogen-bond donors (Lipinski definition) is 1. The summed E-state index contributed by atoms with van der Waals surface area (Å²) in [6.07, 6.45) is 2.05. The van der Waals surface area contributed by atoms with Crippen molar-refractivity contribution in [1.29, 1.82) is 0 Å². The molecule has 0 unspecified atom stereocenters. The molecule has 0 atom stereocenters. The Balaban J connectivity index is 1.56. The van der Waals surface area contributed by atoms with Gasteiger partial charge >= 0.3 is 0 Å². The van der Waals surface area contributed by atoms with Crippen molar-refractivity contribution in [2.24, 2.45) is 0 Å². The third-order valence-electron chi connectivity index (χ3n) is 5.37. The van der Waals surface area contributed by atoms with Gasteiger partial charge in [-0.25, -0.2) is 8.42 Å². The van der Waals surface area contributed by atoms with E-state index in [0.29, 0.717) is 25.7 Å². The lowest BCUT2D eigenvalue weighted by molar-refractivity contribution is -0.385. The standard InChI is InChI=1S/C21H25N3O5S/c1-16-19(24(26)27)8-5-9-20(16)30(28,29)23-14-12-18(13-15-23)22-21(25)11-10-17-6-3-2-4-7-17/h2-9,18H,10-15H2,1H3,(H,22,25). The summed E-state index contributed by atoms with van der Waals surface area (Å²) in [5.41, 5.74) is 1.02. The number of sulfonamides is 1. The number of amides is 1. The Hall–Kier alpha value is -2.78. The van der Waals surface area contributed by atoms with Crippen LogP contribution < -0.4 is 5.32 Å². The highest BCUT2D eigenvalue weighted by molar-refractivity contribution is 7.89. The zero-order valence-electron chi connectivity index (χ0n) is 16.8. The number of nitrogens with zero attached hydrogens (tertiary/aromatic N) is 2. The molecule has 0 aromatic heterocycles. The molecule has 1 N–H and O–H groups in total. The second-order valence-electron chi connectivity index (χ2n) is 7.39. The summed E-state index contributed by atoms with van der Waals surface area (Å²) in [4.78, 5) is 22.7. The number of carbonyl (C=O) groups is 1. The minimum absolute atomic E-state index is 0.0398. The molecule has 160 valence electrons. The Morgan fingerprint density at radius 3 is 2.43 bits per heavy atom. The van der Waals surface area contributed by atoms with Crippen LogP contribution in [0.25, 0.3) is 0 Å². The molecule has 0 bridgehead atoms. The van der Waals surface area contributed by atoms with Crippen LogP contribution in [0.3, 0.4) is 0 Å². The number of hydrogen-bond acceptors (Lipinski definition) is 5. The molecule has 1 aliphatic rings. The van der Waals surface area contributed by atoms with Crippen molar-refractivity contribution in [2.75, 3.05) is 13.1 Å². The summed E-state index contributed by atoms with van der Waals surface area (Å²) < 4.78 is 27.3. The minimum atomic E-state index is -3.83. The topological polar surface area (TPSA) is 110 Å². The Morgan fingerprint density at radius 1 is 1.13 bits per heavy atom. The van der Waals surface area contributed by atoms with Gasteiger partial charge in [0.25, 0.3) is 5.69 Å². The number of nitrogens with one attached hydrogen (secondary N) is 1. The number of carbonyl (C=O) groups excluding carboxylic acids is 1. The summed E-state index contributed by atoms with van der Waals surface area (Å²) >= 11 is 0. The molecule has 0 aliphatic carbocycles. The van der Waals surface area contributed by atoms with Crippen LogP contribution in [0.2, 0.25) is 0 Å². The molecule has 1 amide bonds. The van der Waals surface area contributed by atoms with Crippen molar-refractivity contribution in [3.8, 4) is 0 Å². The van der Waals surface area contributed by atoms with Crippen molar-refractivity contribution in [3.05, 3.63) is 69.8 Å². The highest BCUT2D eigenvalue weighted by Crippen LogP contribution is 2.28. The normalized spacial score (nSPS) is 15.6. The summed E-state index contributed by atoms with van der Waals surface area (Å²) in [6.45, 7) is 1.97. The van der Waals surface area contributed by atoms with Gasteiger partial charge in [-0.05, 0) is 37.8 Å². The van der Waals surface area contributed by atoms with Gasteiger partial charge in [0.1, 0.15) is 0 Å². The number of nitro benzene ring substituents is 1. The second kappa shape index (κ2) is 9.36. The van der Waals surface area contributed by atoms with E-state index in [2.05, 4.69) is 5.32 Å². The highest BCUT2D eigenvalue weighted by atomic mass is 32.2. The van der Waals surface area contributed by atoms with Crippen molar-refractivity contribution in [3.63, 3.8) is 0 Å². The average molecular weight is 432 g/mol. The van der Waals surface area contributed by atoms with Crippen LogP contribution >= 0.6 is 0 Å². The third kappa shape index (κ3) is 5.03. The molecule has 1 fully saturated rings. The van der Waals surface area contributed by atoms with E-state index in [4.69, 9.17) is 0 Å². The van der Waals surface area contributed by atoms with Gasteiger partial charge < -0.3 is 5.32 Å². The smallest absolute Gasteiger partial charge is 0.273 e. The zero-order chi connectivity index (χ0) is 21.7. The maximum absolute atomic E-state index is 13.0. The first-order chi connectivity index (χ1) is 14.3. The SMILES string of the molecule is Cc1c([N+](=O)[O-])cccc1S(=O)(=O)N1CCC(NC(=O)CCc2ccccc2)CC1. The van der Waals surface area contributed by atoms with E-state index >= 15 is 0 Å². The van der Waals surface area contributed by atoms with Gasteiger partial charge in [-0.15, -0.1) is 0 Å². The molecule has 1 heterocycles. The summed E-state index contributed by atoms with van der Waals surface area (Å²) in [7, 11) is -3.83. The van der Waals surface area contributed by atoms with Gasteiger partial charge in [-0.1, -0.05) is 36.4 Å². The van der Waals surface area contributed by atoms with Crippen LogP contribution in [0.15, 0.2) is 53.4 Å². The van der Waals surface area contributed by atoms with Gasteiger partial charge in [0.2, 0.25) is 15.9 Å². The molecular formula is C21H25N3O5S. The highest BCUT2D eigenvalue weighted by Gasteiger charge is 2.32. The first kappa shape index (κ1) is 21.9. The monoisotopic (exact) mass is 431 g/mol. The molecule has 0 spiro atoms. The van der Waals surface area contributed by atoms with Crippen LogP contribution in [0.5, 0.6) is 0 Å². The molecule has 9 heteroatoms. The van der Waals surface area contributed by atoms with Gasteiger partial charge in [0.15, 0.2) is 0 Å². The van der Waals surface area contributed by atoms with E-state index in [0.717, 1.165) is 5.56 Å².